The zero-order valence-corrected chi connectivity index (χ0v) is 23.9. The van der Waals surface area contributed by atoms with E-state index in [0.29, 0.717) is 42.5 Å². The average Bonchev–Trinajstić information content (AvgIpc) is 3.82. The van der Waals surface area contributed by atoms with Gasteiger partial charge in [-0.1, -0.05) is 54.6 Å². The standard InChI is InChI=1S/C29H34BN3O7S/c1-32(16-15-21-9-6-10-24(17-21)30(36)37)28(34)31-25-11-14-27(41(38,39)26-12-13-26)23(18-25)19-33(2)29(35)40-20-22-7-4-3-5-8-22/h3-11,14,17-18,26,36-37H,12-13,15-16,19-20H2,1-2H3,(H,31,34). The van der Waals surface area contributed by atoms with Crippen LogP contribution < -0.4 is 10.8 Å². The van der Waals surface area contributed by atoms with Gasteiger partial charge in [0.05, 0.1) is 16.7 Å². The number of urea groups is 1. The summed E-state index contributed by atoms with van der Waals surface area (Å²) in [6.45, 7) is 0.417. The minimum Gasteiger partial charge on any atom is -0.445 e. The number of sulfone groups is 1. The second-order valence-corrected chi connectivity index (χ2v) is 12.4. The van der Waals surface area contributed by atoms with Crippen LogP contribution in [-0.4, -0.2) is 73.4 Å². The summed E-state index contributed by atoms with van der Waals surface area (Å²) in [6, 6.07) is 20.3. The minimum atomic E-state index is -3.57. The zero-order chi connectivity index (χ0) is 29.6. The lowest BCUT2D eigenvalue weighted by atomic mass is 9.79. The van der Waals surface area contributed by atoms with E-state index in [9.17, 15) is 28.1 Å². The number of nitrogens with zero attached hydrogens (tertiary/aromatic N) is 2. The number of anilines is 1. The van der Waals surface area contributed by atoms with E-state index in [1.165, 1.54) is 22.9 Å². The van der Waals surface area contributed by atoms with Gasteiger partial charge in [-0.3, -0.25) is 0 Å². The molecule has 4 rings (SSSR count). The lowest BCUT2D eigenvalue weighted by molar-refractivity contribution is 0.102. The fourth-order valence-corrected chi connectivity index (χ4v) is 6.15. The molecule has 216 valence electrons. The zero-order valence-electron chi connectivity index (χ0n) is 23.1. The molecule has 0 unspecified atom stereocenters. The average molecular weight is 579 g/mol. The highest BCUT2D eigenvalue weighted by Gasteiger charge is 2.38. The fourth-order valence-electron chi connectivity index (χ4n) is 4.29. The molecule has 3 amide bonds. The Hall–Kier alpha value is -3.87. The van der Waals surface area contributed by atoms with Crippen LogP contribution in [-0.2, 0) is 34.1 Å². The third-order valence-corrected chi connectivity index (χ3v) is 9.20. The summed E-state index contributed by atoms with van der Waals surface area (Å²) >= 11 is 0. The molecule has 0 atom stereocenters. The van der Waals surface area contributed by atoms with Gasteiger partial charge in [0, 0.05) is 26.3 Å². The molecular weight excluding hydrogens is 545 g/mol. The molecule has 0 aliphatic heterocycles. The lowest BCUT2D eigenvalue weighted by Crippen LogP contribution is -2.34. The number of carbonyl (C=O) groups excluding carboxylic acids is 2. The normalized spacial score (nSPS) is 12.9. The summed E-state index contributed by atoms with van der Waals surface area (Å²) in [5.74, 6) is 0. The highest BCUT2D eigenvalue weighted by atomic mass is 32.2. The molecule has 1 saturated carbocycles. The highest BCUT2D eigenvalue weighted by Crippen LogP contribution is 2.36. The number of rotatable bonds is 11. The molecule has 41 heavy (non-hydrogen) atoms. The van der Waals surface area contributed by atoms with Crippen molar-refractivity contribution >= 4 is 40.2 Å². The maximum Gasteiger partial charge on any atom is 0.488 e. The van der Waals surface area contributed by atoms with E-state index in [2.05, 4.69) is 5.32 Å². The van der Waals surface area contributed by atoms with Crippen LogP contribution in [0.4, 0.5) is 15.3 Å². The van der Waals surface area contributed by atoms with E-state index in [1.54, 1.807) is 37.4 Å². The number of hydrogen-bond acceptors (Lipinski definition) is 7. The molecule has 3 N–H and O–H groups in total. The summed E-state index contributed by atoms with van der Waals surface area (Å²) in [5.41, 5.74) is 2.82. The first-order chi connectivity index (χ1) is 19.5. The molecule has 3 aromatic carbocycles. The van der Waals surface area contributed by atoms with Crippen LogP contribution in [0, 0.1) is 0 Å². The van der Waals surface area contributed by atoms with Crippen LogP contribution in [0.2, 0.25) is 0 Å². The first kappa shape index (κ1) is 30.1. The Bertz CT molecular complexity index is 1480. The minimum absolute atomic E-state index is 0.0263. The van der Waals surface area contributed by atoms with Crippen molar-refractivity contribution in [3.05, 3.63) is 89.5 Å². The van der Waals surface area contributed by atoms with Gasteiger partial charge < -0.3 is 29.9 Å². The quantitative estimate of drug-likeness (QED) is 0.297. The number of likely N-dealkylation sites (N-methyl/N-ethyl adjacent to an activating group) is 1. The third-order valence-electron chi connectivity index (χ3n) is 6.84. The Kier molecular flexibility index (Phi) is 9.69. The summed E-state index contributed by atoms with van der Waals surface area (Å²) in [5, 5.41) is 21.1. The first-order valence-corrected chi connectivity index (χ1v) is 14.8. The molecule has 0 bridgehead atoms. The van der Waals surface area contributed by atoms with Gasteiger partial charge in [0.2, 0.25) is 0 Å². The Labute approximate surface area is 240 Å². The number of benzene rings is 3. The van der Waals surface area contributed by atoms with Crippen LogP contribution in [0.1, 0.15) is 29.5 Å². The van der Waals surface area contributed by atoms with Gasteiger partial charge in [-0.2, -0.15) is 0 Å². The maximum absolute atomic E-state index is 13.1. The van der Waals surface area contributed by atoms with E-state index in [4.69, 9.17) is 4.74 Å². The van der Waals surface area contributed by atoms with Crippen LogP contribution >= 0.6 is 0 Å². The second-order valence-electron chi connectivity index (χ2n) is 10.2. The smallest absolute Gasteiger partial charge is 0.445 e. The monoisotopic (exact) mass is 579 g/mol. The molecule has 0 radical (unpaired) electrons. The van der Waals surface area contributed by atoms with Crippen LogP contribution in [0.3, 0.4) is 0 Å². The van der Waals surface area contributed by atoms with Crippen molar-refractivity contribution in [2.45, 2.75) is 42.6 Å². The lowest BCUT2D eigenvalue weighted by Gasteiger charge is -2.21. The number of nitrogens with one attached hydrogen (secondary N) is 1. The van der Waals surface area contributed by atoms with Gasteiger partial charge in [-0.25, -0.2) is 18.0 Å². The summed E-state index contributed by atoms with van der Waals surface area (Å²) in [4.78, 5) is 28.5. The third kappa shape index (κ3) is 8.09. The van der Waals surface area contributed by atoms with E-state index in [0.717, 1.165) is 11.1 Å². The van der Waals surface area contributed by atoms with Crippen molar-refractivity contribution in [3.8, 4) is 0 Å². The maximum atomic E-state index is 13.1. The van der Waals surface area contributed by atoms with E-state index in [1.807, 2.05) is 36.4 Å². The van der Waals surface area contributed by atoms with Crippen LogP contribution in [0.25, 0.3) is 0 Å². The van der Waals surface area contributed by atoms with Gasteiger partial charge >= 0.3 is 19.2 Å². The number of carbonyl (C=O) groups is 2. The Morgan fingerprint density at radius 2 is 1.66 bits per heavy atom. The Morgan fingerprint density at radius 3 is 2.34 bits per heavy atom. The molecule has 12 heteroatoms. The molecule has 1 aliphatic carbocycles. The van der Waals surface area contributed by atoms with Gasteiger partial charge in [0.15, 0.2) is 9.84 Å². The second kappa shape index (κ2) is 13.2. The van der Waals surface area contributed by atoms with Crippen LogP contribution in [0.5, 0.6) is 0 Å². The molecule has 10 nitrogen and oxygen atoms in total. The number of ether oxygens (including phenoxy) is 1. The van der Waals surface area contributed by atoms with Crippen molar-refractivity contribution < 1.29 is 32.8 Å². The summed E-state index contributed by atoms with van der Waals surface area (Å²) < 4.78 is 31.7. The first-order valence-electron chi connectivity index (χ1n) is 13.3. The molecule has 3 aromatic rings. The summed E-state index contributed by atoms with van der Waals surface area (Å²) in [7, 11) is -1.98. The van der Waals surface area contributed by atoms with E-state index in [-0.39, 0.29) is 18.0 Å². The van der Waals surface area contributed by atoms with E-state index >= 15 is 0 Å². The predicted octanol–water partition coefficient (Wildman–Crippen LogP) is 2.78. The molecular formula is C29H34BN3O7S. The molecule has 0 saturated heterocycles. The van der Waals surface area contributed by atoms with Crippen molar-refractivity contribution in [1.29, 1.82) is 0 Å². The van der Waals surface area contributed by atoms with Crippen LogP contribution in [0.15, 0.2) is 77.7 Å². The largest absolute Gasteiger partial charge is 0.488 e. The molecule has 1 fully saturated rings. The fraction of sp³-hybridized carbons (Fsp3) is 0.310. The highest BCUT2D eigenvalue weighted by molar-refractivity contribution is 7.92. The van der Waals surface area contributed by atoms with Crippen molar-refractivity contribution in [1.82, 2.24) is 9.80 Å². The SMILES string of the molecule is CN(CCc1cccc(B(O)O)c1)C(=O)Nc1ccc(S(=O)(=O)C2CC2)c(CN(C)C(=O)OCc2ccccc2)c1. The van der Waals surface area contributed by atoms with Gasteiger partial charge in [-0.05, 0) is 59.6 Å². The van der Waals surface area contributed by atoms with Gasteiger partial charge in [0.1, 0.15) is 6.61 Å². The van der Waals surface area contributed by atoms with Crippen molar-refractivity contribution in [2.75, 3.05) is 26.0 Å². The number of hydrogen-bond donors (Lipinski definition) is 3. The van der Waals surface area contributed by atoms with E-state index < -0.39 is 34.3 Å². The van der Waals surface area contributed by atoms with Gasteiger partial charge in [-0.15, -0.1) is 0 Å². The molecule has 0 spiro atoms. The van der Waals surface area contributed by atoms with Crippen molar-refractivity contribution in [3.63, 3.8) is 0 Å². The Morgan fingerprint density at radius 1 is 0.951 bits per heavy atom. The summed E-state index contributed by atoms with van der Waals surface area (Å²) in [6.07, 6.45) is 1.08. The molecule has 1 aliphatic rings. The number of amides is 3. The Balaban J connectivity index is 1.44. The van der Waals surface area contributed by atoms with Gasteiger partial charge in [0.25, 0.3) is 0 Å². The molecule has 0 heterocycles. The predicted molar refractivity (Wildman–Crippen MR) is 156 cm³/mol. The molecule has 0 aromatic heterocycles. The topological polar surface area (TPSA) is 136 Å². The van der Waals surface area contributed by atoms with Crippen molar-refractivity contribution in [2.24, 2.45) is 0 Å².